The molecule has 8 nitrogen and oxygen atoms in total. The van der Waals surface area contributed by atoms with Crippen molar-refractivity contribution in [2.45, 2.75) is 52.0 Å². The first-order chi connectivity index (χ1) is 13.0. The molecule has 0 saturated carbocycles. The molecule has 1 rings (SSSR count). The number of nitrogens with one attached hydrogen (secondary N) is 3. The lowest BCUT2D eigenvalue weighted by Gasteiger charge is -2.32. The normalized spacial score (nSPS) is 15.5. The molecule has 164 valence electrons. The highest BCUT2D eigenvalue weighted by molar-refractivity contribution is 14.0. The predicted molar refractivity (Wildman–Crippen MR) is 125 cm³/mol. The van der Waals surface area contributed by atoms with Crippen LogP contribution in [-0.2, 0) is 9.59 Å². The number of rotatable bonds is 10. The van der Waals surface area contributed by atoms with Gasteiger partial charge in [0, 0.05) is 46.3 Å². The number of likely N-dealkylation sites (N-methyl/N-ethyl adjacent to an activating group) is 1. The molecule has 2 amide bonds. The third-order valence-corrected chi connectivity index (χ3v) is 4.56. The fourth-order valence-electron chi connectivity index (χ4n) is 2.78. The fraction of sp³-hybridized carbons (Fsp3) is 0.842. The molecule has 0 spiro atoms. The first-order valence-electron chi connectivity index (χ1n) is 10.2. The van der Waals surface area contributed by atoms with Crippen molar-refractivity contribution >= 4 is 41.8 Å². The van der Waals surface area contributed by atoms with Crippen LogP contribution < -0.4 is 16.0 Å². The molecule has 28 heavy (non-hydrogen) atoms. The number of guanidine groups is 1. The maximum Gasteiger partial charge on any atom is 0.243 e. The predicted octanol–water partition coefficient (Wildman–Crippen LogP) is 1.02. The largest absolute Gasteiger partial charge is 0.356 e. The van der Waals surface area contributed by atoms with Crippen LogP contribution in [0.15, 0.2) is 4.99 Å². The molecule has 0 atom stereocenters. The Morgan fingerprint density at radius 1 is 1.07 bits per heavy atom. The Bertz CT molecular complexity index is 479. The van der Waals surface area contributed by atoms with Crippen LogP contribution in [-0.4, -0.2) is 87.0 Å². The molecule has 1 aliphatic rings. The number of hydrogen-bond donors (Lipinski definition) is 3. The summed E-state index contributed by atoms with van der Waals surface area (Å²) in [5, 5.41) is 9.70. The van der Waals surface area contributed by atoms with Crippen LogP contribution in [0.4, 0.5) is 0 Å². The molecular weight excluding hydrogens is 471 g/mol. The molecule has 1 saturated heterocycles. The second-order valence-electron chi connectivity index (χ2n) is 7.28. The molecule has 0 radical (unpaired) electrons. The lowest BCUT2D eigenvalue weighted by Crippen LogP contribution is -2.50. The number of carbonyl (C=O) groups excluding carboxylic acids is 2. The van der Waals surface area contributed by atoms with E-state index in [2.05, 4.69) is 39.7 Å². The third-order valence-electron chi connectivity index (χ3n) is 4.56. The van der Waals surface area contributed by atoms with Gasteiger partial charge < -0.3 is 20.9 Å². The van der Waals surface area contributed by atoms with E-state index in [9.17, 15) is 9.59 Å². The molecule has 0 bridgehead atoms. The van der Waals surface area contributed by atoms with Crippen LogP contribution >= 0.6 is 24.0 Å². The highest BCUT2D eigenvalue weighted by atomic mass is 127. The lowest BCUT2D eigenvalue weighted by atomic mass is 10.1. The van der Waals surface area contributed by atoms with Gasteiger partial charge in [0.2, 0.25) is 11.8 Å². The van der Waals surface area contributed by atoms with Crippen molar-refractivity contribution in [2.75, 3.05) is 53.4 Å². The number of carbonyl (C=O) groups is 2. The highest BCUT2D eigenvalue weighted by Gasteiger charge is 2.21. The zero-order chi connectivity index (χ0) is 20.1. The Morgan fingerprint density at radius 2 is 1.75 bits per heavy atom. The molecule has 0 aliphatic carbocycles. The number of hydrogen-bond acceptors (Lipinski definition) is 4. The summed E-state index contributed by atoms with van der Waals surface area (Å²) in [5.41, 5.74) is 0. The number of nitrogens with zero attached hydrogens (tertiary/aromatic N) is 3. The Morgan fingerprint density at radius 3 is 2.32 bits per heavy atom. The van der Waals surface area contributed by atoms with Gasteiger partial charge in [-0.15, -0.1) is 24.0 Å². The molecule has 9 heteroatoms. The van der Waals surface area contributed by atoms with Gasteiger partial charge in [0.1, 0.15) is 6.54 Å². The van der Waals surface area contributed by atoms with E-state index in [-0.39, 0.29) is 42.3 Å². The Hall–Kier alpha value is -1.10. The maximum absolute atomic E-state index is 11.8. The minimum atomic E-state index is -0.0143. The molecule has 0 aromatic carbocycles. The van der Waals surface area contributed by atoms with Gasteiger partial charge in [-0.1, -0.05) is 20.3 Å². The number of likely N-dealkylation sites (tertiary alicyclic amines) is 1. The van der Waals surface area contributed by atoms with Gasteiger partial charge in [-0.2, -0.15) is 0 Å². The summed E-state index contributed by atoms with van der Waals surface area (Å²) in [7, 11) is 3.48. The van der Waals surface area contributed by atoms with Crippen molar-refractivity contribution in [1.29, 1.82) is 0 Å². The van der Waals surface area contributed by atoms with E-state index in [1.807, 2.05) is 0 Å². The van der Waals surface area contributed by atoms with Crippen LogP contribution in [0.3, 0.4) is 0 Å². The standard InChI is InChI=1S/C19H38N6O2.HI/c1-5-7-11-21-19(22-14-18(27)24(3)4)23-16-8-12-25(13-9-16)15-17(26)20-10-6-2;/h16H,5-15H2,1-4H3,(H,20,26)(H2,21,22,23);1H. The summed E-state index contributed by atoms with van der Waals surface area (Å²) in [5.74, 6) is 0.797. The van der Waals surface area contributed by atoms with E-state index in [0.29, 0.717) is 18.5 Å². The van der Waals surface area contributed by atoms with Crippen molar-refractivity contribution in [3.8, 4) is 0 Å². The molecule has 3 N–H and O–H groups in total. The van der Waals surface area contributed by atoms with Crippen molar-refractivity contribution in [1.82, 2.24) is 25.8 Å². The average molecular weight is 510 g/mol. The number of amides is 2. The molecule has 1 heterocycles. The summed E-state index contributed by atoms with van der Waals surface area (Å²) in [6.45, 7) is 8.17. The first-order valence-corrected chi connectivity index (χ1v) is 10.2. The molecule has 0 unspecified atom stereocenters. The van der Waals surface area contributed by atoms with Gasteiger partial charge in [-0.3, -0.25) is 14.5 Å². The Labute approximate surface area is 187 Å². The molecule has 1 aliphatic heterocycles. The minimum absolute atomic E-state index is 0. The molecular formula is C19H39IN6O2. The van der Waals surface area contributed by atoms with E-state index in [0.717, 1.165) is 58.3 Å². The van der Waals surface area contributed by atoms with E-state index in [1.165, 1.54) is 0 Å². The summed E-state index contributed by atoms with van der Waals surface area (Å²) < 4.78 is 0. The quantitative estimate of drug-likeness (QED) is 0.177. The van der Waals surface area contributed by atoms with E-state index >= 15 is 0 Å². The SMILES string of the molecule is CCCCNC(=NCC(=O)N(C)C)NC1CCN(CC(=O)NCCC)CC1.I. The number of aliphatic imine (C=N–C) groups is 1. The maximum atomic E-state index is 11.8. The molecule has 1 fully saturated rings. The Kier molecular flexibility index (Phi) is 15.2. The van der Waals surface area contributed by atoms with E-state index in [4.69, 9.17) is 0 Å². The zero-order valence-corrected chi connectivity index (χ0v) is 20.3. The molecule has 0 aromatic heterocycles. The average Bonchev–Trinajstić information content (AvgIpc) is 2.65. The van der Waals surface area contributed by atoms with Crippen molar-refractivity contribution in [2.24, 2.45) is 4.99 Å². The van der Waals surface area contributed by atoms with E-state index < -0.39 is 0 Å². The van der Waals surface area contributed by atoms with Gasteiger partial charge in [0.25, 0.3) is 0 Å². The van der Waals surface area contributed by atoms with Gasteiger partial charge in [-0.25, -0.2) is 4.99 Å². The van der Waals surface area contributed by atoms with Crippen LogP contribution in [0, 0.1) is 0 Å². The van der Waals surface area contributed by atoms with Crippen LogP contribution in [0.1, 0.15) is 46.0 Å². The van der Waals surface area contributed by atoms with Gasteiger partial charge >= 0.3 is 0 Å². The lowest BCUT2D eigenvalue weighted by molar-refractivity contribution is -0.127. The summed E-state index contributed by atoms with van der Waals surface area (Å²) in [6.07, 6.45) is 5.04. The summed E-state index contributed by atoms with van der Waals surface area (Å²) in [4.78, 5) is 31.8. The number of piperidine rings is 1. The van der Waals surface area contributed by atoms with E-state index in [1.54, 1.807) is 19.0 Å². The summed E-state index contributed by atoms with van der Waals surface area (Å²) in [6, 6.07) is 0.308. The number of unbranched alkanes of at least 4 members (excludes halogenated alkanes) is 1. The van der Waals surface area contributed by atoms with Crippen LogP contribution in [0.2, 0.25) is 0 Å². The second-order valence-corrected chi connectivity index (χ2v) is 7.28. The first kappa shape index (κ1) is 26.9. The molecule has 0 aromatic rings. The smallest absolute Gasteiger partial charge is 0.243 e. The summed E-state index contributed by atoms with van der Waals surface area (Å²) >= 11 is 0. The second kappa shape index (κ2) is 15.8. The number of halogens is 1. The van der Waals surface area contributed by atoms with Gasteiger partial charge in [0.05, 0.1) is 6.54 Å². The van der Waals surface area contributed by atoms with Crippen LogP contribution in [0.5, 0.6) is 0 Å². The zero-order valence-electron chi connectivity index (χ0n) is 17.9. The monoisotopic (exact) mass is 510 g/mol. The minimum Gasteiger partial charge on any atom is -0.356 e. The Balaban J connectivity index is 0.00000729. The van der Waals surface area contributed by atoms with Crippen molar-refractivity contribution in [3.63, 3.8) is 0 Å². The van der Waals surface area contributed by atoms with Gasteiger partial charge in [0.15, 0.2) is 5.96 Å². The van der Waals surface area contributed by atoms with Crippen LogP contribution in [0.25, 0.3) is 0 Å². The third kappa shape index (κ3) is 11.7. The highest BCUT2D eigenvalue weighted by Crippen LogP contribution is 2.09. The van der Waals surface area contributed by atoms with Crippen molar-refractivity contribution < 1.29 is 9.59 Å². The van der Waals surface area contributed by atoms with Crippen molar-refractivity contribution in [3.05, 3.63) is 0 Å². The van der Waals surface area contributed by atoms with Gasteiger partial charge in [-0.05, 0) is 25.7 Å². The fourth-order valence-corrected chi connectivity index (χ4v) is 2.78. The topological polar surface area (TPSA) is 89.1 Å².